The molecule has 2 aromatic heterocycles. The van der Waals surface area contributed by atoms with Crippen molar-refractivity contribution in [1.29, 1.82) is 5.26 Å². The quantitative estimate of drug-likeness (QED) is 0.531. The summed E-state index contributed by atoms with van der Waals surface area (Å²) in [5, 5.41) is 10.4. The molecular weight excluding hydrogens is 482 g/mol. The topological polar surface area (TPSA) is 124 Å². The number of aromatic amines is 1. The number of aromatic nitrogens is 2. The fourth-order valence-electron chi connectivity index (χ4n) is 6.48. The van der Waals surface area contributed by atoms with Gasteiger partial charge in [-0.1, -0.05) is 0 Å². The van der Waals surface area contributed by atoms with E-state index in [9.17, 15) is 10.1 Å². The Morgan fingerprint density at radius 3 is 2.82 bits per heavy atom. The summed E-state index contributed by atoms with van der Waals surface area (Å²) in [5.74, 6) is 0. The van der Waals surface area contributed by atoms with Crippen molar-refractivity contribution >= 4 is 22.3 Å². The number of nitrogens with two attached hydrogens (primary N) is 1. The number of morpholine rings is 1. The second kappa shape index (κ2) is 8.78. The van der Waals surface area contributed by atoms with E-state index in [4.69, 9.17) is 20.2 Å². The summed E-state index contributed by atoms with van der Waals surface area (Å²) in [6.45, 7) is 8.33. The maximum absolute atomic E-state index is 11.9. The number of nitriles is 1. The van der Waals surface area contributed by atoms with Crippen LogP contribution in [0, 0.1) is 11.3 Å². The maximum Gasteiger partial charge on any atom is 0.248 e. The van der Waals surface area contributed by atoms with E-state index < -0.39 is 0 Å². The lowest BCUT2D eigenvalue weighted by Crippen LogP contribution is -2.62. The van der Waals surface area contributed by atoms with Crippen LogP contribution < -0.4 is 21.1 Å². The van der Waals surface area contributed by atoms with E-state index in [2.05, 4.69) is 38.7 Å². The summed E-state index contributed by atoms with van der Waals surface area (Å²) in [5.41, 5.74) is 10.9. The number of anilines is 2. The highest BCUT2D eigenvalue weighted by Gasteiger charge is 2.52. The van der Waals surface area contributed by atoms with Gasteiger partial charge in [0.1, 0.15) is 11.7 Å². The van der Waals surface area contributed by atoms with Crippen LogP contribution in [-0.4, -0.2) is 78.9 Å². The van der Waals surface area contributed by atoms with Gasteiger partial charge in [0.2, 0.25) is 5.56 Å². The third-order valence-corrected chi connectivity index (χ3v) is 8.24. The zero-order valence-corrected chi connectivity index (χ0v) is 21.4. The van der Waals surface area contributed by atoms with Crippen LogP contribution in [0.25, 0.3) is 10.9 Å². The van der Waals surface area contributed by atoms with E-state index in [1.54, 1.807) is 6.07 Å². The van der Waals surface area contributed by atoms with Crippen LogP contribution in [0.2, 0.25) is 0 Å². The molecule has 10 heteroatoms. The molecule has 2 atom stereocenters. The smallest absolute Gasteiger partial charge is 0.248 e. The molecule has 3 fully saturated rings. The SMILES string of the molecule is CC1CN(c2ccc(C#N)c3[nH]c(=O)ccc23)CC(CN2CC3(C2)OCc2cc(N4CC(N)C4)cnc23)O1. The van der Waals surface area contributed by atoms with Gasteiger partial charge in [0.15, 0.2) is 0 Å². The highest BCUT2D eigenvalue weighted by Crippen LogP contribution is 2.43. The number of H-pyrrole nitrogens is 1. The van der Waals surface area contributed by atoms with Gasteiger partial charge in [0, 0.05) is 74.6 Å². The number of pyridine rings is 2. The first-order chi connectivity index (χ1) is 18.4. The zero-order chi connectivity index (χ0) is 26.0. The molecule has 10 nitrogen and oxygen atoms in total. The van der Waals surface area contributed by atoms with Crippen molar-refractivity contribution in [1.82, 2.24) is 14.9 Å². The van der Waals surface area contributed by atoms with Crippen molar-refractivity contribution in [3.8, 4) is 6.07 Å². The summed E-state index contributed by atoms with van der Waals surface area (Å²) in [6, 6.07) is 11.7. The molecule has 7 rings (SSSR count). The van der Waals surface area contributed by atoms with Gasteiger partial charge in [0.05, 0.1) is 47.5 Å². The third-order valence-electron chi connectivity index (χ3n) is 8.24. The standard InChI is InChI=1S/C28H31N7O3/c1-17-9-35(24-4-2-18(7-29)26-23(24)3-5-25(36)32-26)13-22(38-17)12-33-15-28(16-33)27-19(14-37-28)6-21(8-31-27)34-10-20(30)11-34/h2-6,8,17,20,22H,9-16,30H2,1H3,(H,32,36). The number of nitrogens with zero attached hydrogens (tertiary/aromatic N) is 5. The summed E-state index contributed by atoms with van der Waals surface area (Å²) in [4.78, 5) is 26.6. The Morgan fingerprint density at radius 1 is 1.18 bits per heavy atom. The van der Waals surface area contributed by atoms with Gasteiger partial charge in [-0.2, -0.15) is 5.26 Å². The maximum atomic E-state index is 11.9. The second-order valence-corrected chi connectivity index (χ2v) is 11.1. The molecule has 2 unspecified atom stereocenters. The predicted octanol–water partition coefficient (Wildman–Crippen LogP) is 1.28. The Morgan fingerprint density at radius 2 is 2.03 bits per heavy atom. The Balaban J connectivity index is 1.05. The molecule has 0 amide bonds. The van der Waals surface area contributed by atoms with Crippen LogP contribution in [0.3, 0.4) is 0 Å². The van der Waals surface area contributed by atoms with Gasteiger partial charge in [-0.3, -0.25) is 14.7 Å². The summed E-state index contributed by atoms with van der Waals surface area (Å²) >= 11 is 0. The normalized spacial score (nSPS) is 24.8. The minimum atomic E-state index is -0.325. The number of fused-ring (bicyclic) bond motifs is 3. The molecule has 0 radical (unpaired) electrons. The molecule has 0 bridgehead atoms. The van der Waals surface area contributed by atoms with Crippen LogP contribution in [-0.2, 0) is 21.7 Å². The molecule has 3 saturated heterocycles. The molecule has 6 heterocycles. The average Bonchev–Trinajstić information content (AvgIpc) is 3.24. The molecule has 3 N–H and O–H groups in total. The number of likely N-dealkylation sites (tertiary alicyclic amines) is 1. The van der Waals surface area contributed by atoms with Crippen molar-refractivity contribution < 1.29 is 9.47 Å². The van der Waals surface area contributed by atoms with Crippen LogP contribution in [0.1, 0.15) is 23.7 Å². The Labute approximate surface area is 220 Å². The Kier molecular flexibility index (Phi) is 5.46. The monoisotopic (exact) mass is 513 g/mol. The highest BCUT2D eigenvalue weighted by atomic mass is 16.5. The minimum Gasteiger partial charge on any atom is -0.370 e. The lowest BCUT2D eigenvalue weighted by Gasteiger charge is -2.49. The average molecular weight is 514 g/mol. The van der Waals surface area contributed by atoms with Crippen LogP contribution >= 0.6 is 0 Å². The number of hydrogen-bond acceptors (Lipinski definition) is 9. The third kappa shape index (κ3) is 3.85. The summed E-state index contributed by atoms with van der Waals surface area (Å²) < 4.78 is 12.7. The van der Waals surface area contributed by atoms with Crippen LogP contribution in [0.15, 0.2) is 41.3 Å². The number of rotatable bonds is 4. The van der Waals surface area contributed by atoms with Gasteiger partial charge < -0.3 is 30.0 Å². The molecule has 4 aliphatic heterocycles. The second-order valence-electron chi connectivity index (χ2n) is 11.1. The van der Waals surface area contributed by atoms with Gasteiger partial charge in [-0.25, -0.2) is 0 Å². The molecule has 0 saturated carbocycles. The first kappa shape index (κ1) is 23.6. The van der Waals surface area contributed by atoms with Gasteiger partial charge >= 0.3 is 0 Å². The van der Waals surface area contributed by atoms with E-state index in [0.717, 1.165) is 68.3 Å². The first-order valence-corrected chi connectivity index (χ1v) is 13.2. The number of hydrogen-bond donors (Lipinski definition) is 2. The lowest BCUT2D eigenvalue weighted by atomic mass is 9.88. The zero-order valence-electron chi connectivity index (χ0n) is 21.4. The summed E-state index contributed by atoms with van der Waals surface area (Å²) in [6.07, 6.45) is 2.04. The van der Waals surface area contributed by atoms with E-state index in [1.807, 2.05) is 18.3 Å². The molecule has 38 heavy (non-hydrogen) atoms. The van der Waals surface area contributed by atoms with Crippen molar-refractivity contribution in [2.24, 2.45) is 5.73 Å². The van der Waals surface area contributed by atoms with E-state index in [0.29, 0.717) is 17.7 Å². The molecule has 4 aliphatic rings. The molecule has 1 spiro atoms. The number of benzene rings is 1. The Bertz CT molecular complexity index is 1500. The number of nitrogens with one attached hydrogen (secondary N) is 1. The minimum absolute atomic E-state index is 0.0244. The van der Waals surface area contributed by atoms with E-state index in [-0.39, 0.29) is 29.4 Å². The molecular formula is C28H31N7O3. The van der Waals surface area contributed by atoms with Gasteiger partial charge in [0.25, 0.3) is 0 Å². The van der Waals surface area contributed by atoms with Gasteiger partial charge in [-0.15, -0.1) is 0 Å². The van der Waals surface area contributed by atoms with Crippen molar-refractivity contribution in [3.63, 3.8) is 0 Å². The first-order valence-electron chi connectivity index (χ1n) is 13.2. The van der Waals surface area contributed by atoms with Crippen LogP contribution in [0.4, 0.5) is 11.4 Å². The summed E-state index contributed by atoms with van der Waals surface area (Å²) in [7, 11) is 0. The van der Waals surface area contributed by atoms with E-state index in [1.165, 1.54) is 11.6 Å². The fraction of sp³-hybridized carbons (Fsp3) is 0.464. The Hall–Kier alpha value is -3.49. The molecule has 196 valence electrons. The van der Waals surface area contributed by atoms with Crippen molar-refractivity contribution in [2.75, 3.05) is 55.6 Å². The predicted molar refractivity (Wildman–Crippen MR) is 143 cm³/mol. The lowest BCUT2D eigenvalue weighted by molar-refractivity contribution is -0.157. The highest BCUT2D eigenvalue weighted by molar-refractivity contribution is 5.95. The largest absolute Gasteiger partial charge is 0.370 e. The van der Waals surface area contributed by atoms with Gasteiger partial charge in [-0.05, 0) is 31.2 Å². The van der Waals surface area contributed by atoms with E-state index >= 15 is 0 Å². The van der Waals surface area contributed by atoms with Crippen molar-refractivity contribution in [2.45, 2.75) is 37.4 Å². The molecule has 3 aromatic rings. The fourth-order valence-corrected chi connectivity index (χ4v) is 6.48. The molecule has 1 aromatic carbocycles. The number of ether oxygens (including phenoxy) is 2. The van der Waals surface area contributed by atoms with Crippen LogP contribution in [0.5, 0.6) is 0 Å². The molecule has 0 aliphatic carbocycles. The van der Waals surface area contributed by atoms with Crippen molar-refractivity contribution in [3.05, 3.63) is 63.7 Å².